The summed E-state index contributed by atoms with van der Waals surface area (Å²) in [4.78, 5) is 4.29. The number of nitrogens with two attached hydrogens (primary N) is 1. The van der Waals surface area contributed by atoms with Crippen LogP contribution < -0.4 is 5.73 Å². The zero-order valence-corrected chi connectivity index (χ0v) is 12.4. The van der Waals surface area contributed by atoms with Crippen LogP contribution >= 0.6 is 23.3 Å². The van der Waals surface area contributed by atoms with E-state index >= 15 is 0 Å². The fourth-order valence-electron chi connectivity index (χ4n) is 1.76. The van der Waals surface area contributed by atoms with Crippen molar-refractivity contribution in [1.82, 2.24) is 9.36 Å². The van der Waals surface area contributed by atoms with Crippen LogP contribution in [0, 0.1) is 6.92 Å². The van der Waals surface area contributed by atoms with Crippen molar-refractivity contribution in [3.05, 3.63) is 41.7 Å². The van der Waals surface area contributed by atoms with Crippen molar-refractivity contribution in [3.8, 4) is 0 Å². The second-order valence-corrected chi connectivity index (χ2v) is 6.40. The third-order valence-electron chi connectivity index (χ3n) is 2.90. The highest BCUT2D eigenvalue weighted by Gasteiger charge is 2.27. The second kappa shape index (κ2) is 6.47. The van der Waals surface area contributed by atoms with Gasteiger partial charge in [-0.05, 0) is 30.4 Å². The predicted molar refractivity (Wildman–Crippen MR) is 79.4 cm³/mol. The number of thioether (sulfide) groups is 1. The third-order valence-corrected chi connectivity index (χ3v) is 4.83. The molecule has 0 aliphatic heterocycles. The van der Waals surface area contributed by atoms with E-state index in [-0.39, 0.29) is 6.54 Å². The Morgan fingerprint density at radius 1 is 1.37 bits per heavy atom. The molecule has 0 spiro atoms. The van der Waals surface area contributed by atoms with Crippen molar-refractivity contribution in [2.75, 3.05) is 12.3 Å². The lowest BCUT2D eigenvalue weighted by Gasteiger charge is -2.26. The Morgan fingerprint density at radius 3 is 2.68 bits per heavy atom. The summed E-state index contributed by atoms with van der Waals surface area (Å²) in [6.07, 6.45) is 0.594. The minimum Gasteiger partial charge on any atom is -0.384 e. The lowest BCUT2D eigenvalue weighted by molar-refractivity contribution is 0.0431. The number of aromatic nitrogens is 2. The van der Waals surface area contributed by atoms with Crippen LogP contribution in [0.3, 0.4) is 0 Å². The van der Waals surface area contributed by atoms with E-state index in [2.05, 4.69) is 9.36 Å². The first-order valence-corrected chi connectivity index (χ1v) is 7.81. The van der Waals surface area contributed by atoms with Crippen LogP contribution in [0.2, 0.25) is 0 Å². The molecule has 2 rings (SSSR count). The van der Waals surface area contributed by atoms with Crippen molar-refractivity contribution in [2.24, 2.45) is 5.73 Å². The topological polar surface area (TPSA) is 72.0 Å². The van der Waals surface area contributed by atoms with Gasteiger partial charge in [0.1, 0.15) is 11.4 Å². The number of nitrogens with zero attached hydrogens (tertiary/aromatic N) is 2. The van der Waals surface area contributed by atoms with Gasteiger partial charge in [0.15, 0.2) is 4.34 Å². The molecule has 0 aliphatic carbocycles. The van der Waals surface area contributed by atoms with E-state index in [0.717, 1.165) is 21.5 Å². The molecule has 3 N–H and O–H groups in total. The highest BCUT2D eigenvalue weighted by Crippen LogP contribution is 2.28. The highest BCUT2D eigenvalue weighted by molar-refractivity contribution is 8.00. The van der Waals surface area contributed by atoms with Gasteiger partial charge < -0.3 is 10.8 Å². The number of aliphatic hydroxyl groups is 1. The molecule has 1 heterocycles. The largest absolute Gasteiger partial charge is 0.384 e. The molecule has 1 aromatic carbocycles. The number of rotatable bonds is 6. The number of aryl methyl sites for hydroxylation is 1. The smallest absolute Gasteiger partial charge is 0.170 e. The average Bonchev–Trinajstić information content (AvgIpc) is 2.85. The lowest BCUT2D eigenvalue weighted by atomic mass is 9.91. The fraction of sp³-hybridized carbons (Fsp3) is 0.385. The Bertz CT molecular complexity index is 518. The van der Waals surface area contributed by atoms with Crippen LogP contribution in [0.25, 0.3) is 0 Å². The van der Waals surface area contributed by atoms with Crippen molar-refractivity contribution in [1.29, 1.82) is 0 Å². The molecule has 1 atom stereocenters. The Kier molecular flexibility index (Phi) is 4.93. The maximum absolute atomic E-state index is 10.6. The van der Waals surface area contributed by atoms with Crippen LogP contribution in [-0.4, -0.2) is 26.8 Å². The van der Waals surface area contributed by atoms with Crippen molar-refractivity contribution in [3.63, 3.8) is 0 Å². The molecule has 0 radical (unpaired) electrons. The van der Waals surface area contributed by atoms with E-state index in [9.17, 15) is 5.11 Å². The van der Waals surface area contributed by atoms with E-state index in [0.29, 0.717) is 6.42 Å². The molecule has 0 amide bonds. The van der Waals surface area contributed by atoms with Gasteiger partial charge in [-0.15, -0.1) is 0 Å². The standard InChI is InChI=1S/C13H17N3OS2/c1-10-15-12(19-16-10)18-8-7-13(17,9-14)11-5-3-2-4-6-11/h2-6,17H,7-9,14H2,1H3. The van der Waals surface area contributed by atoms with Gasteiger partial charge in [0.2, 0.25) is 0 Å². The zero-order chi connectivity index (χ0) is 13.7. The number of hydrogen-bond donors (Lipinski definition) is 2. The number of benzene rings is 1. The normalized spacial score (nSPS) is 14.3. The van der Waals surface area contributed by atoms with Gasteiger partial charge >= 0.3 is 0 Å². The van der Waals surface area contributed by atoms with Crippen LogP contribution in [-0.2, 0) is 5.60 Å². The van der Waals surface area contributed by atoms with E-state index in [4.69, 9.17) is 5.73 Å². The summed E-state index contributed by atoms with van der Waals surface area (Å²) in [6, 6.07) is 9.58. The van der Waals surface area contributed by atoms with E-state index < -0.39 is 5.60 Å². The Balaban J connectivity index is 1.96. The Labute approximate surface area is 121 Å². The van der Waals surface area contributed by atoms with Gasteiger partial charge in [0, 0.05) is 12.3 Å². The summed E-state index contributed by atoms with van der Waals surface area (Å²) in [5.41, 5.74) is 5.64. The summed E-state index contributed by atoms with van der Waals surface area (Å²) < 4.78 is 5.07. The Hall–Kier alpha value is -0.950. The fourth-order valence-corrected chi connectivity index (χ4v) is 3.56. The first-order valence-electron chi connectivity index (χ1n) is 6.05. The van der Waals surface area contributed by atoms with Crippen LogP contribution in [0.1, 0.15) is 17.8 Å². The molecule has 1 aromatic heterocycles. The molecule has 6 heteroatoms. The lowest BCUT2D eigenvalue weighted by Crippen LogP contribution is -2.35. The van der Waals surface area contributed by atoms with E-state index in [1.54, 1.807) is 11.8 Å². The molecular formula is C13H17N3OS2. The van der Waals surface area contributed by atoms with Gasteiger partial charge in [0.05, 0.1) is 0 Å². The van der Waals surface area contributed by atoms with E-state index in [1.807, 2.05) is 37.3 Å². The average molecular weight is 295 g/mol. The van der Waals surface area contributed by atoms with Crippen LogP contribution in [0.4, 0.5) is 0 Å². The van der Waals surface area contributed by atoms with Gasteiger partial charge in [0.25, 0.3) is 0 Å². The molecule has 0 fully saturated rings. The molecule has 0 bridgehead atoms. The molecule has 2 aromatic rings. The summed E-state index contributed by atoms with van der Waals surface area (Å²) >= 11 is 3.00. The molecule has 1 unspecified atom stereocenters. The predicted octanol–water partition coefficient (Wildman–Crippen LogP) is 2.18. The SMILES string of the molecule is Cc1nsc(SCCC(O)(CN)c2ccccc2)n1. The minimum atomic E-state index is -0.964. The van der Waals surface area contributed by atoms with Crippen molar-refractivity contribution in [2.45, 2.75) is 23.3 Å². The molecule has 102 valence electrons. The molecule has 0 saturated carbocycles. The highest BCUT2D eigenvalue weighted by atomic mass is 32.2. The van der Waals surface area contributed by atoms with Crippen molar-refractivity contribution < 1.29 is 5.11 Å². The summed E-state index contributed by atoms with van der Waals surface area (Å²) in [5, 5.41) is 10.6. The van der Waals surface area contributed by atoms with Gasteiger partial charge in [-0.3, -0.25) is 0 Å². The maximum atomic E-state index is 10.6. The van der Waals surface area contributed by atoms with Gasteiger partial charge in [-0.25, -0.2) is 4.98 Å². The maximum Gasteiger partial charge on any atom is 0.170 e. The first-order chi connectivity index (χ1) is 9.14. The monoisotopic (exact) mass is 295 g/mol. The first kappa shape index (κ1) is 14.5. The molecular weight excluding hydrogens is 278 g/mol. The van der Waals surface area contributed by atoms with Crippen LogP contribution in [0.15, 0.2) is 34.7 Å². The van der Waals surface area contributed by atoms with Crippen LogP contribution in [0.5, 0.6) is 0 Å². The quantitative estimate of drug-likeness (QED) is 0.799. The Morgan fingerprint density at radius 2 is 2.11 bits per heavy atom. The molecule has 0 aliphatic rings. The zero-order valence-electron chi connectivity index (χ0n) is 10.7. The van der Waals surface area contributed by atoms with Crippen molar-refractivity contribution >= 4 is 23.3 Å². The molecule has 0 saturated heterocycles. The second-order valence-electron chi connectivity index (χ2n) is 4.31. The van der Waals surface area contributed by atoms with Gasteiger partial charge in [-0.2, -0.15) is 4.37 Å². The minimum absolute atomic E-state index is 0.215. The summed E-state index contributed by atoms with van der Waals surface area (Å²) in [6.45, 7) is 2.09. The summed E-state index contributed by atoms with van der Waals surface area (Å²) in [7, 11) is 0. The number of hydrogen-bond acceptors (Lipinski definition) is 6. The third kappa shape index (κ3) is 3.76. The summed E-state index contributed by atoms with van der Waals surface area (Å²) in [5.74, 6) is 1.56. The van der Waals surface area contributed by atoms with Gasteiger partial charge in [-0.1, -0.05) is 42.1 Å². The van der Waals surface area contributed by atoms with E-state index in [1.165, 1.54) is 11.5 Å². The molecule has 19 heavy (non-hydrogen) atoms. The molecule has 4 nitrogen and oxygen atoms in total.